The predicted molar refractivity (Wildman–Crippen MR) is 117 cm³/mol. The molecule has 3 aromatic carbocycles. The van der Waals surface area contributed by atoms with E-state index in [1.165, 1.54) is 12.1 Å². The van der Waals surface area contributed by atoms with Crippen LogP contribution in [0.4, 0.5) is 5.69 Å². The number of benzene rings is 3. The molecule has 0 spiro atoms. The van der Waals surface area contributed by atoms with Gasteiger partial charge in [0, 0.05) is 24.2 Å². The summed E-state index contributed by atoms with van der Waals surface area (Å²) in [6.45, 7) is 0. The van der Waals surface area contributed by atoms with Gasteiger partial charge in [-0.25, -0.2) is 13.4 Å². The Morgan fingerprint density at radius 2 is 1.72 bits per heavy atom. The molecule has 1 N–H and O–H groups in total. The van der Waals surface area contributed by atoms with E-state index in [0.29, 0.717) is 10.7 Å². The summed E-state index contributed by atoms with van der Waals surface area (Å²) in [5.41, 5.74) is 3.74. The van der Waals surface area contributed by atoms with Crippen LogP contribution in [0.2, 0.25) is 5.02 Å². The van der Waals surface area contributed by atoms with Crippen molar-refractivity contribution in [1.82, 2.24) is 9.55 Å². The molecule has 0 atom stereocenters. The van der Waals surface area contributed by atoms with Crippen LogP contribution in [0, 0.1) is 0 Å². The van der Waals surface area contributed by atoms with E-state index in [1.54, 1.807) is 24.3 Å². The van der Waals surface area contributed by atoms with E-state index in [4.69, 9.17) is 16.6 Å². The van der Waals surface area contributed by atoms with Crippen molar-refractivity contribution in [3.8, 4) is 0 Å². The van der Waals surface area contributed by atoms with Crippen LogP contribution in [0.15, 0.2) is 77.7 Å². The van der Waals surface area contributed by atoms with E-state index in [-0.39, 0.29) is 4.90 Å². The van der Waals surface area contributed by atoms with E-state index in [2.05, 4.69) is 15.4 Å². The number of hydrogen-bond donors (Lipinski definition) is 1. The monoisotopic (exact) mass is 425 g/mol. The van der Waals surface area contributed by atoms with Gasteiger partial charge in [-0.05, 0) is 54.4 Å². The number of anilines is 1. The molecule has 7 heteroatoms. The Labute approximate surface area is 175 Å². The molecular formula is C22H20ClN3O2S. The largest absolute Gasteiger partial charge is 0.331 e. The van der Waals surface area contributed by atoms with Gasteiger partial charge in [0.2, 0.25) is 0 Å². The van der Waals surface area contributed by atoms with Crippen LogP contribution in [0.3, 0.4) is 0 Å². The van der Waals surface area contributed by atoms with Gasteiger partial charge < -0.3 is 4.57 Å². The zero-order valence-electron chi connectivity index (χ0n) is 15.8. The molecule has 148 valence electrons. The third-order valence-corrected chi connectivity index (χ3v) is 6.44. The lowest BCUT2D eigenvalue weighted by Gasteiger charge is -2.09. The minimum Gasteiger partial charge on any atom is -0.331 e. The first-order chi connectivity index (χ1) is 13.9. The zero-order valence-corrected chi connectivity index (χ0v) is 17.4. The summed E-state index contributed by atoms with van der Waals surface area (Å²) < 4.78 is 29.7. The normalized spacial score (nSPS) is 11.7. The van der Waals surface area contributed by atoms with E-state index >= 15 is 0 Å². The Hall–Kier alpha value is -2.83. The number of aromatic nitrogens is 2. The third kappa shape index (κ3) is 4.28. The second-order valence-electron chi connectivity index (χ2n) is 6.84. The second kappa shape index (κ2) is 7.89. The number of rotatable bonds is 6. The molecule has 0 aliphatic rings. The summed E-state index contributed by atoms with van der Waals surface area (Å²) in [7, 11) is -1.65. The maximum absolute atomic E-state index is 12.5. The first-order valence-electron chi connectivity index (χ1n) is 9.20. The fourth-order valence-corrected chi connectivity index (χ4v) is 4.62. The summed E-state index contributed by atoms with van der Waals surface area (Å²) >= 11 is 5.90. The molecule has 4 aromatic rings. The van der Waals surface area contributed by atoms with Crippen LogP contribution in [0.5, 0.6) is 0 Å². The van der Waals surface area contributed by atoms with Crippen molar-refractivity contribution < 1.29 is 8.42 Å². The minimum atomic E-state index is -3.67. The molecule has 5 nitrogen and oxygen atoms in total. The number of sulfonamides is 1. The molecule has 0 radical (unpaired) electrons. The first-order valence-corrected chi connectivity index (χ1v) is 11.1. The fourth-order valence-electron chi connectivity index (χ4n) is 3.26. The lowest BCUT2D eigenvalue weighted by Crippen LogP contribution is -2.12. The highest BCUT2D eigenvalue weighted by Gasteiger charge is 2.14. The van der Waals surface area contributed by atoms with Gasteiger partial charge in [-0.3, -0.25) is 4.72 Å². The smallest absolute Gasteiger partial charge is 0.261 e. The predicted octanol–water partition coefficient (Wildman–Crippen LogP) is 4.81. The second-order valence-corrected chi connectivity index (χ2v) is 8.95. The number of nitrogens with zero attached hydrogens (tertiary/aromatic N) is 2. The van der Waals surface area contributed by atoms with Crippen LogP contribution < -0.4 is 4.72 Å². The molecule has 0 unspecified atom stereocenters. The average Bonchev–Trinajstić information content (AvgIpc) is 3.03. The molecule has 0 bridgehead atoms. The Morgan fingerprint density at radius 1 is 0.966 bits per heavy atom. The number of fused-ring (bicyclic) bond motifs is 1. The van der Waals surface area contributed by atoms with E-state index < -0.39 is 10.0 Å². The lowest BCUT2D eigenvalue weighted by molar-refractivity contribution is 0.601. The van der Waals surface area contributed by atoms with Crippen molar-refractivity contribution in [3.05, 3.63) is 89.2 Å². The number of nitrogens with one attached hydrogen (secondary N) is 1. The SMILES string of the molecule is Cn1c(CCc2ccc(NS(=O)(=O)c3cccc(Cl)c3)cc2)nc2ccccc21. The van der Waals surface area contributed by atoms with Crippen molar-refractivity contribution in [2.45, 2.75) is 17.7 Å². The Morgan fingerprint density at radius 3 is 2.45 bits per heavy atom. The highest BCUT2D eigenvalue weighted by molar-refractivity contribution is 7.92. The summed E-state index contributed by atoms with van der Waals surface area (Å²) in [6, 6.07) is 21.7. The molecule has 4 rings (SSSR count). The first kappa shape index (κ1) is 19.5. The number of para-hydroxylation sites is 2. The number of aryl methyl sites for hydroxylation is 3. The highest BCUT2D eigenvalue weighted by atomic mass is 35.5. The molecule has 0 saturated heterocycles. The maximum atomic E-state index is 12.5. The van der Waals surface area contributed by atoms with Crippen molar-refractivity contribution in [3.63, 3.8) is 0 Å². The average molecular weight is 426 g/mol. The van der Waals surface area contributed by atoms with Gasteiger partial charge in [-0.2, -0.15) is 0 Å². The van der Waals surface area contributed by atoms with Gasteiger partial charge >= 0.3 is 0 Å². The van der Waals surface area contributed by atoms with Gasteiger partial charge in [0.15, 0.2) is 0 Å². The van der Waals surface area contributed by atoms with Crippen molar-refractivity contribution in [2.24, 2.45) is 7.05 Å². The van der Waals surface area contributed by atoms with Crippen LogP contribution in [-0.4, -0.2) is 18.0 Å². The van der Waals surface area contributed by atoms with E-state index in [9.17, 15) is 8.42 Å². The molecule has 0 aliphatic heterocycles. The van der Waals surface area contributed by atoms with Crippen LogP contribution in [-0.2, 0) is 29.9 Å². The molecule has 0 saturated carbocycles. The van der Waals surface area contributed by atoms with Crippen molar-refractivity contribution >= 4 is 38.3 Å². The van der Waals surface area contributed by atoms with Crippen LogP contribution >= 0.6 is 11.6 Å². The standard InChI is InChI=1S/C22H20ClN3O2S/c1-26-21-8-3-2-7-20(21)24-22(26)14-11-16-9-12-18(13-10-16)25-29(27,28)19-6-4-5-17(23)15-19/h2-10,12-13,15,25H,11,14H2,1H3. The maximum Gasteiger partial charge on any atom is 0.261 e. The Kier molecular flexibility index (Phi) is 5.30. The van der Waals surface area contributed by atoms with E-state index in [0.717, 1.165) is 35.3 Å². The van der Waals surface area contributed by atoms with Crippen LogP contribution in [0.1, 0.15) is 11.4 Å². The summed E-state index contributed by atoms with van der Waals surface area (Å²) in [6.07, 6.45) is 1.62. The molecule has 0 aliphatic carbocycles. The van der Waals surface area contributed by atoms with Crippen LogP contribution in [0.25, 0.3) is 11.0 Å². The quantitative estimate of drug-likeness (QED) is 0.482. The molecule has 1 heterocycles. The molecule has 0 amide bonds. The van der Waals surface area contributed by atoms with Crippen molar-refractivity contribution in [1.29, 1.82) is 0 Å². The zero-order chi connectivity index (χ0) is 20.4. The molecule has 1 aromatic heterocycles. The third-order valence-electron chi connectivity index (χ3n) is 4.83. The summed E-state index contributed by atoms with van der Waals surface area (Å²) in [5.74, 6) is 1.02. The minimum absolute atomic E-state index is 0.135. The summed E-state index contributed by atoms with van der Waals surface area (Å²) in [4.78, 5) is 4.83. The van der Waals surface area contributed by atoms with Gasteiger partial charge in [0.05, 0.1) is 15.9 Å². The van der Waals surface area contributed by atoms with Gasteiger partial charge in [-0.15, -0.1) is 0 Å². The topological polar surface area (TPSA) is 64.0 Å². The van der Waals surface area contributed by atoms with Gasteiger partial charge in [0.1, 0.15) is 5.82 Å². The summed E-state index contributed by atoms with van der Waals surface area (Å²) in [5, 5.41) is 0.380. The molecule has 0 fully saturated rings. The Bertz CT molecular complexity index is 1260. The van der Waals surface area contributed by atoms with Crippen molar-refractivity contribution in [2.75, 3.05) is 4.72 Å². The van der Waals surface area contributed by atoms with E-state index in [1.807, 2.05) is 37.4 Å². The fraction of sp³-hybridized carbons (Fsp3) is 0.136. The van der Waals surface area contributed by atoms with Gasteiger partial charge in [0.25, 0.3) is 10.0 Å². The number of halogens is 1. The molecular weight excluding hydrogens is 406 g/mol. The highest BCUT2D eigenvalue weighted by Crippen LogP contribution is 2.20. The lowest BCUT2D eigenvalue weighted by atomic mass is 10.1. The molecule has 29 heavy (non-hydrogen) atoms. The number of imidazole rings is 1. The van der Waals surface area contributed by atoms with Gasteiger partial charge in [-0.1, -0.05) is 41.9 Å². The Balaban J connectivity index is 1.44. The number of hydrogen-bond acceptors (Lipinski definition) is 3.